The maximum atomic E-state index is 6.28. The van der Waals surface area contributed by atoms with Crippen LogP contribution >= 0.6 is 92.8 Å². The smallest absolute Gasteiger partial charge is 0.182 e. The molecule has 0 amide bonds. The summed E-state index contributed by atoms with van der Waals surface area (Å²) < 4.78 is -1.51. The van der Waals surface area contributed by atoms with Gasteiger partial charge in [0.2, 0.25) is 0 Å². The van der Waals surface area contributed by atoms with Crippen molar-refractivity contribution in [2.75, 3.05) is 6.61 Å². The summed E-state index contributed by atoms with van der Waals surface area (Å²) in [6.45, 7) is 6.11. The van der Waals surface area contributed by atoms with E-state index in [1.165, 1.54) is 20.8 Å². The van der Waals surface area contributed by atoms with Crippen molar-refractivity contribution >= 4 is 92.8 Å². The first kappa shape index (κ1) is 21.3. The van der Waals surface area contributed by atoms with Crippen molar-refractivity contribution in [2.24, 2.45) is 0 Å². The van der Waals surface area contributed by atoms with Crippen LogP contribution in [0.5, 0.6) is 0 Å². The summed E-state index contributed by atoms with van der Waals surface area (Å²) in [4.78, 5) is 0. The van der Waals surface area contributed by atoms with Gasteiger partial charge in [-0.15, -0.1) is 0 Å². The molecule has 0 aliphatic heterocycles. The number of hydrogen-bond acceptors (Lipinski definition) is 1. The molecule has 0 aromatic rings. The maximum Gasteiger partial charge on any atom is 0.182 e. The Labute approximate surface area is 154 Å². The summed E-state index contributed by atoms with van der Waals surface area (Å²) in [7, 11) is 0. The fourth-order valence-electron chi connectivity index (χ4n) is 1.50. The minimum absolute atomic E-state index is 0.187. The van der Waals surface area contributed by atoms with E-state index in [0.717, 1.165) is 0 Å². The van der Waals surface area contributed by atoms with Crippen LogP contribution in [0, 0.1) is 0 Å². The van der Waals surface area contributed by atoms with E-state index in [0.29, 0.717) is 0 Å². The molecule has 0 aromatic carbocycles. The van der Waals surface area contributed by atoms with Gasteiger partial charge in [-0.05, 0) is 27.7 Å². The van der Waals surface area contributed by atoms with Gasteiger partial charge in [0.1, 0.15) is 5.60 Å². The predicted octanol–water partition coefficient (Wildman–Crippen LogP) is 6.52. The zero-order chi connectivity index (χ0) is 15.9. The Morgan fingerprint density at radius 3 is 1.11 bits per heavy atom. The Bertz CT molecular complexity index is 288. The molecule has 0 aliphatic rings. The summed E-state index contributed by atoms with van der Waals surface area (Å²) in [5.41, 5.74) is -1.66. The minimum Gasteiger partial charge on any atom is -0.369 e. The maximum absolute atomic E-state index is 6.28. The first-order valence-electron chi connectivity index (χ1n) is 5.21. The molecule has 0 spiro atoms. The molecular weight excluding hydrogens is 420 g/mol. The van der Waals surface area contributed by atoms with Gasteiger partial charge in [0.15, 0.2) is 17.3 Å². The number of hydrogen-bond donors (Lipinski definition) is 0. The zero-order valence-electron chi connectivity index (χ0n) is 10.6. The molecule has 9 heteroatoms. The number of alkyl halides is 8. The highest BCUT2D eigenvalue weighted by Gasteiger charge is 2.70. The molecule has 0 saturated carbocycles. The standard InChI is InChI=1S/C10H14Cl8O/c1-5-19-6(2,9(15,16)7(3,11)12)10(17,18)8(4,13)14/h5H2,1-4H3. The molecular formula is C10H14Cl8O. The van der Waals surface area contributed by atoms with Crippen molar-refractivity contribution in [3.63, 3.8) is 0 Å². The molecule has 0 aliphatic carbocycles. The quantitative estimate of drug-likeness (QED) is 0.433. The van der Waals surface area contributed by atoms with E-state index in [2.05, 4.69) is 0 Å². The zero-order valence-corrected chi connectivity index (χ0v) is 16.7. The normalized spacial score (nSPS) is 15.8. The molecule has 0 atom stereocenters. The average Bonchev–Trinajstić information content (AvgIpc) is 2.13. The van der Waals surface area contributed by atoms with Crippen LogP contribution in [0.1, 0.15) is 27.7 Å². The van der Waals surface area contributed by atoms with Crippen molar-refractivity contribution in [3.05, 3.63) is 0 Å². The molecule has 0 bridgehead atoms. The fraction of sp³-hybridized carbons (Fsp3) is 1.00. The number of ether oxygens (including phenoxy) is 1. The Balaban J connectivity index is 6.04. The highest BCUT2D eigenvalue weighted by Crippen LogP contribution is 2.61. The van der Waals surface area contributed by atoms with Crippen LogP contribution in [0.25, 0.3) is 0 Å². The molecule has 0 fully saturated rings. The van der Waals surface area contributed by atoms with Gasteiger partial charge in [-0.1, -0.05) is 92.8 Å². The van der Waals surface area contributed by atoms with E-state index in [1.54, 1.807) is 6.92 Å². The van der Waals surface area contributed by atoms with Gasteiger partial charge >= 0.3 is 0 Å². The van der Waals surface area contributed by atoms with Gasteiger partial charge in [-0.25, -0.2) is 0 Å². The average molecular weight is 434 g/mol. The van der Waals surface area contributed by atoms with Gasteiger partial charge < -0.3 is 4.74 Å². The second-order valence-corrected chi connectivity index (χ2v) is 10.5. The highest BCUT2D eigenvalue weighted by atomic mass is 35.5. The second kappa shape index (κ2) is 6.42. The molecule has 116 valence electrons. The van der Waals surface area contributed by atoms with Crippen molar-refractivity contribution in [2.45, 2.75) is 50.6 Å². The number of rotatable bonds is 6. The molecule has 0 radical (unpaired) electrons. The summed E-state index contributed by atoms with van der Waals surface area (Å²) >= 11 is 49.2. The van der Waals surface area contributed by atoms with Crippen LogP contribution in [0.2, 0.25) is 0 Å². The monoisotopic (exact) mass is 430 g/mol. The van der Waals surface area contributed by atoms with Crippen molar-refractivity contribution in [3.8, 4) is 0 Å². The van der Waals surface area contributed by atoms with E-state index in [4.69, 9.17) is 97.5 Å². The van der Waals surface area contributed by atoms with Crippen molar-refractivity contribution in [1.82, 2.24) is 0 Å². The molecule has 0 heterocycles. The van der Waals surface area contributed by atoms with Crippen LogP contribution in [-0.2, 0) is 4.74 Å². The number of halogens is 8. The van der Waals surface area contributed by atoms with E-state index in [9.17, 15) is 0 Å². The minimum atomic E-state index is -1.90. The molecule has 0 saturated heterocycles. The third kappa shape index (κ3) is 3.79. The third-order valence-corrected chi connectivity index (χ3v) is 7.60. The van der Waals surface area contributed by atoms with Crippen LogP contribution in [0.15, 0.2) is 0 Å². The van der Waals surface area contributed by atoms with Gasteiger partial charge in [-0.3, -0.25) is 0 Å². The van der Waals surface area contributed by atoms with Gasteiger partial charge in [-0.2, -0.15) is 0 Å². The summed E-state index contributed by atoms with van der Waals surface area (Å²) in [5.74, 6) is 0. The lowest BCUT2D eigenvalue weighted by molar-refractivity contribution is -0.0541. The van der Waals surface area contributed by atoms with Crippen LogP contribution in [0.4, 0.5) is 0 Å². The Hall–Kier alpha value is 2.28. The lowest BCUT2D eigenvalue weighted by Gasteiger charge is -2.52. The highest BCUT2D eigenvalue weighted by molar-refractivity contribution is 6.66. The third-order valence-electron chi connectivity index (χ3n) is 2.73. The summed E-state index contributed by atoms with van der Waals surface area (Å²) in [6.07, 6.45) is 0. The molecule has 0 rings (SSSR count). The lowest BCUT2D eigenvalue weighted by Crippen LogP contribution is -2.67. The van der Waals surface area contributed by atoms with E-state index >= 15 is 0 Å². The SMILES string of the molecule is CCOC(C)(C(Cl)(Cl)C(C)(Cl)Cl)C(Cl)(Cl)C(C)(Cl)Cl. The van der Waals surface area contributed by atoms with E-state index in [-0.39, 0.29) is 6.61 Å². The summed E-state index contributed by atoms with van der Waals surface area (Å²) in [5, 5.41) is 0. The Kier molecular flexibility index (Phi) is 7.18. The fourth-order valence-corrected chi connectivity index (χ4v) is 3.20. The lowest BCUT2D eigenvalue weighted by atomic mass is 9.91. The van der Waals surface area contributed by atoms with Crippen molar-refractivity contribution in [1.29, 1.82) is 0 Å². The largest absolute Gasteiger partial charge is 0.369 e. The van der Waals surface area contributed by atoms with Crippen LogP contribution < -0.4 is 0 Å². The van der Waals surface area contributed by atoms with E-state index in [1.807, 2.05) is 0 Å². The summed E-state index contributed by atoms with van der Waals surface area (Å²) in [6, 6.07) is 0. The van der Waals surface area contributed by atoms with Gasteiger partial charge in [0.05, 0.1) is 0 Å². The van der Waals surface area contributed by atoms with Gasteiger partial charge in [0.25, 0.3) is 0 Å². The van der Waals surface area contributed by atoms with Crippen LogP contribution in [-0.4, -0.2) is 29.5 Å². The van der Waals surface area contributed by atoms with E-state index < -0.39 is 22.9 Å². The topological polar surface area (TPSA) is 9.23 Å². The first-order valence-corrected chi connectivity index (χ1v) is 8.24. The predicted molar refractivity (Wildman–Crippen MR) is 89.1 cm³/mol. The first-order chi connectivity index (χ1) is 8.06. The molecule has 0 N–H and O–H groups in total. The molecule has 19 heavy (non-hydrogen) atoms. The Morgan fingerprint density at radius 2 is 0.947 bits per heavy atom. The molecule has 0 aromatic heterocycles. The second-order valence-electron chi connectivity index (χ2n) is 4.39. The Morgan fingerprint density at radius 1 is 0.684 bits per heavy atom. The van der Waals surface area contributed by atoms with Gasteiger partial charge in [0, 0.05) is 6.61 Å². The van der Waals surface area contributed by atoms with Crippen molar-refractivity contribution < 1.29 is 4.74 Å². The molecule has 0 unspecified atom stereocenters. The molecule has 1 nitrogen and oxygen atoms in total. The van der Waals surface area contributed by atoms with Crippen LogP contribution in [0.3, 0.4) is 0 Å².